The molecule has 0 saturated heterocycles. The van der Waals surface area contributed by atoms with Crippen molar-refractivity contribution in [3.8, 4) is 5.75 Å². The fourth-order valence-electron chi connectivity index (χ4n) is 2.49. The summed E-state index contributed by atoms with van der Waals surface area (Å²) in [6.07, 6.45) is -0.597. The Hall–Kier alpha value is -1.58. The van der Waals surface area contributed by atoms with Crippen LogP contribution in [-0.4, -0.2) is 17.8 Å². The maximum atomic E-state index is 10.3. The van der Waals surface area contributed by atoms with Crippen molar-refractivity contribution in [1.82, 2.24) is 0 Å². The molecule has 0 bridgehead atoms. The lowest BCUT2D eigenvalue weighted by molar-refractivity contribution is 0.0972. The molecule has 2 aromatic rings. The minimum absolute atomic E-state index is 0.0958. The van der Waals surface area contributed by atoms with Gasteiger partial charge in [-0.3, -0.25) is 0 Å². The van der Waals surface area contributed by atoms with E-state index in [2.05, 4.69) is 0 Å². The lowest BCUT2D eigenvalue weighted by Crippen LogP contribution is -2.31. The lowest BCUT2D eigenvalue weighted by atomic mass is 9.90. The summed E-state index contributed by atoms with van der Waals surface area (Å²) in [7, 11) is 0. The summed E-state index contributed by atoms with van der Waals surface area (Å²) in [5, 5.41) is 12.5. The average Bonchev–Trinajstić information content (AvgIpc) is 2.45. The van der Waals surface area contributed by atoms with Gasteiger partial charge < -0.3 is 15.6 Å². The predicted molar refractivity (Wildman–Crippen MR) is 82.9 cm³/mol. The van der Waals surface area contributed by atoms with Crippen molar-refractivity contribution >= 4 is 10.8 Å². The zero-order valence-electron chi connectivity index (χ0n) is 12.3. The van der Waals surface area contributed by atoms with E-state index >= 15 is 0 Å². The molecule has 0 aliphatic carbocycles. The molecule has 0 aliphatic heterocycles. The number of aliphatic hydroxyl groups excluding tert-OH is 1. The van der Waals surface area contributed by atoms with E-state index in [1.807, 2.05) is 57.2 Å². The minimum Gasteiger partial charge on any atom is -0.494 e. The second kappa shape index (κ2) is 6.25. The highest BCUT2D eigenvalue weighted by atomic mass is 16.5. The van der Waals surface area contributed by atoms with E-state index in [9.17, 15) is 5.11 Å². The third-order valence-corrected chi connectivity index (χ3v) is 3.61. The molecule has 108 valence electrons. The van der Waals surface area contributed by atoms with Crippen molar-refractivity contribution in [2.45, 2.75) is 32.9 Å². The zero-order chi connectivity index (χ0) is 14.7. The van der Waals surface area contributed by atoms with Crippen LogP contribution in [0.2, 0.25) is 0 Å². The number of ether oxygens (including phenoxy) is 1. The summed E-state index contributed by atoms with van der Waals surface area (Å²) in [4.78, 5) is 0. The molecule has 0 fully saturated rings. The maximum absolute atomic E-state index is 10.3. The molecule has 2 rings (SSSR count). The summed E-state index contributed by atoms with van der Waals surface area (Å²) in [6.45, 7) is 6.46. The molecule has 2 atom stereocenters. The van der Waals surface area contributed by atoms with Crippen LogP contribution in [0, 0.1) is 5.92 Å². The van der Waals surface area contributed by atoms with Gasteiger partial charge in [-0.1, -0.05) is 44.2 Å². The number of fused-ring (bicyclic) bond motifs is 1. The minimum atomic E-state index is -0.597. The largest absolute Gasteiger partial charge is 0.494 e. The molecule has 3 nitrogen and oxygen atoms in total. The van der Waals surface area contributed by atoms with Crippen molar-refractivity contribution in [2.24, 2.45) is 11.7 Å². The molecule has 2 aromatic carbocycles. The van der Waals surface area contributed by atoms with E-state index in [0.29, 0.717) is 6.61 Å². The first-order valence-corrected chi connectivity index (χ1v) is 7.14. The first-order chi connectivity index (χ1) is 9.56. The highest BCUT2D eigenvalue weighted by molar-refractivity contribution is 5.88. The molecule has 0 heterocycles. The molecule has 0 aliphatic rings. The Morgan fingerprint density at radius 2 is 1.85 bits per heavy atom. The Morgan fingerprint density at radius 1 is 1.15 bits per heavy atom. The maximum Gasteiger partial charge on any atom is 0.124 e. The van der Waals surface area contributed by atoms with Crippen molar-refractivity contribution < 1.29 is 9.84 Å². The van der Waals surface area contributed by atoms with Gasteiger partial charge in [0.05, 0.1) is 18.8 Å². The van der Waals surface area contributed by atoms with Gasteiger partial charge in [-0.15, -0.1) is 0 Å². The van der Waals surface area contributed by atoms with E-state index < -0.39 is 12.1 Å². The summed E-state index contributed by atoms with van der Waals surface area (Å²) in [5.41, 5.74) is 7.20. The Kier molecular flexibility index (Phi) is 4.63. The predicted octanol–water partition coefficient (Wildman–Crippen LogP) is 3.26. The van der Waals surface area contributed by atoms with Crippen LogP contribution in [0.4, 0.5) is 0 Å². The van der Waals surface area contributed by atoms with Crippen LogP contribution in [0.3, 0.4) is 0 Å². The Morgan fingerprint density at radius 3 is 2.50 bits per heavy atom. The molecule has 0 radical (unpaired) electrons. The third-order valence-electron chi connectivity index (χ3n) is 3.61. The Bertz CT molecular complexity index is 580. The summed E-state index contributed by atoms with van der Waals surface area (Å²) in [6, 6.07) is 11.6. The van der Waals surface area contributed by atoms with E-state index in [4.69, 9.17) is 10.5 Å². The molecule has 0 unspecified atom stereocenters. The van der Waals surface area contributed by atoms with Crippen LogP contribution in [0.25, 0.3) is 10.8 Å². The molecular formula is C17H23NO2. The van der Waals surface area contributed by atoms with Gasteiger partial charge in [-0.2, -0.15) is 0 Å². The van der Waals surface area contributed by atoms with E-state index in [0.717, 1.165) is 22.1 Å². The summed E-state index contributed by atoms with van der Waals surface area (Å²) < 4.78 is 5.71. The number of benzene rings is 2. The smallest absolute Gasteiger partial charge is 0.124 e. The highest BCUT2D eigenvalue weighted by Gasteiger charge is 2.25. The van der Waals surface area contributed by atoms with Crippen molar-refractivity contribution in [2.75, 3.05) is 6.61 Å². The fraction of sp³-hybridized carbons (Fsp3) is 0.412. The molecule has 0 aromatic heterocycles. The van der Waals surface area contributed by atoms with Gasteiger partial charge in [-0.05, 0) is 29.7 Å². The second-order valence-electron chi connectivity index (χ2n) is 5.39. The third kappa shape index (κ3) is 2.79. The molecule has 20 heavy (non-hydrogen) atoms. The summed E-state index contributed by atoms with van der Waals surface area (Å²) in [5.74, 6) is 0.858. The fourth-order valence-corrected chi connectivity index (χ4v) is 2.49. The van der Waals surface area contributed by atoms with Gasteiger partial charge in [0.1, 0.15) is 5.75 Å². The Balaban J connectivity index is 2.60. The lowest BCUT2D eigenvalue weighted by Gasteiger charge is -2.25. The van der Waals surface area contributed by atoms with Gasteiger partial charge in [0.2, 0.25) is 0 Å². The standard InChI is InChI=1S/C17H23NO2/c1-4-20-14-10-9-12-7-5-6-8-13(12)15(14)16(18)17(19)11(2)3/h5-11,16-17,19H,4,18H2,1-3H3/t16-,17+/m0/s1. The van der Waals surface area contributed by atoms with Crippen molar-refractivity contribution in [3.05, 3.63) is 42.0 Å². The van der Waals surface area contributed by atoms with Crippen LogP contribution >= 0.6 is 0 Å². The molecule has 0 spiro atoms. The van der Waals surface area contributed by atoms with E-state index in [-0.39, 0.29) is 5.92 Å². The topological polar surface area (TPSA) is 55.5 Å². The van der Waals surface area contributed by atoms with Crippen LogP contribution in [0.1, 0.15) is 32.4 Å². The first kappa shape index (κ1) is 14.8. The van der Waals surface area contributed by atoms with Crippen LogP contribution < -0.4 is 10.5 Å². The second-order valence-corrected chi connectivity index (χ2v) is 5.39. The molecule has 0 amide bonds. The highest BCUT2D eigenvalue weighted by Crippen LogP contribution is 2.35. The number of aliphatic hydroxyl groups is 1. The van der Waals surface area contributed by atoms with Gasteiger partial charge in [0.25, 0.3) is 0 Å². The monoisotopic (exact) mass is 273 g/mol. The number of hydrogen-bond acceptors (Lipinski definition) is 3. The average molecular weight is 273 g/mol. The molecular weight excluding hydrogens is 250 g/mol. The van der Waals surface area contributed by atoms with Crippen molar-refractivity contribution in [3.63, 3.8) is 0 Å². The van der Waals surface area contributed by atoms with Crippen LogP contribution in [0.15, 0.2) is 36.4 Å². The first-order valence-electron chi connectivity index (χ1n) is 7.14. The van der Waals surface area contributed by atoms with Crippen molar-refractivity contribution in [1.29, 1.82) is 0 Å². The number of hydrogen-bond donors (Lipinski definition) is 2. The van der Waals surface area contributed by atoms with Crippen LogP contribution in [-0.2, 0) is 0 Å². The molecule has 0 saturated carbocycles. The molecule has 3 heteroatoms. The number of rotatable bonds is 5. The van der Waals surface area contributed by atoms with Crippen LogP contribution in [0.5, 0.6) is 5.75 Å². The molecule has 3 N–H and O–H groups in total. The van der Waals surface area contributed by atoms with Gasteiger partial charge in [0, 0.05) is 5.56 Å². The van der Waals surface area contributed by atoms with Gasteiger partial charge >= 0.3 is 0 Å². The SMILES string of the molecule is CCOc1ccc2ccccc2c1[C@H](N)[C@H](O)C(C)C. The zero-order valence-corrected chi connectivity index (χ0v) is 12.3. The van der Waals surface area contributed by atoms with E-state index in [1.54, 1.807) is 0 Å². The number of nitrogens with two attached hydrogens (primary N) is 1. The van der Waals surface area contributed by atoms with E-state index in [1.165, 1.54) is 0 Å². The normalized spacial score (nSPS) is 14.5. The van der Waals surface area contributed by atoms with Gasteiger partial charge in [-0.25, -0.2) is 0 Å². The summed E-state index contributed by atoms with van der Waals surface area (Å²) >= 11 is 0. The Labute approximate surface area is 120 Å². The van der Waals surface area contributed by atoms with Gasteiger partial charge in [0.15, 0.2) is 0 Å². The quantitative estimate of drug-likeness (QED) is 0.879.